The van der Waals surface area contributed by atoms with Crippen LogP contribution in [0.5, 0.6) is 5.75 Å². The number of anilines is 1. The quantitative estimate of drug-likeness (QED) is 0.842. The van der Waals surface area contributed by atoms with E-state index in [-0.39, 0.29) is 18.4 Å². The van der Waals surface area contributed by atoms with Gasteiger partial charge in [-0.2, -0.15) is 5.26 Å². The predicted octanol–water partition coefficient (Wildman–Crippen LogP) is 2.22. The molecule has 0 radical (unpaired) electrons. The minimum Gasteiger partial charge on any atom is -0.484 e. The van der Waals surface area contributed by atoms with Crippen LogP contribution in [0.15, 0.2) is 24.3 Å². The minimum atomic E-state index is -0.895. The van der Waals surface area contributed by atoms with Crippen molar-refractivity contribution in [2.24, 2.45) is 5.41 Å². The van der Waals surface area contributed by atoms with Gasteiger partial charge in [0.25, 0.3) is 5.91 Å². The van der Waals surface area contributed by atoms with E-state index in [9.17, 15) is 14.9 Å². The standard InChI is InChI=1S/C17H21N3O3/c1-2-19-15(21)11-23-14-7-5-13(6-8-14)20-16(22)17(12-18)9-3-4-10-17/h5-8H,2-4,9-11H2,1H3,(H,19,21)(H,20,22). The van der Waals surface area contributed by atoms with E-state index in [2.05, 4.69) is 16.7 Å². The molecule has 23 heavy (non-hydrogen) atoms. The van der Waals surface area contributed by atoms with E-state index in [1.54, 1.807) is 24.3 Å². The van der Waals surface area contributed by atoms with E-state index in [4.69, 9.17) is 4.74 Å². The van der Waals surface area contributed by atoms with Crippen LogP contribution >= 0.6 is 0 Å². The van der Waals surface area contributed by atoms with Crippen molar-refractivity contribution in [3.63, 3.8) is 0 Å². The lowest BCUT2D eigenvalue weighted by molar-refractivity contribution is -0.123. The highest BCUT2D eigenvalue weighted by Gasteiger charge is 2.41. The van der Waals surface area contributed by atoms with Gasteiger partial charge in [-0.25, -0.2) is 0 Å². The number of nitriles is 1. The first-order chi connectivity index (χ1) is 11.1. The van der Waals surface area contributed by atoms with Crippen LogP contribution in [0, 0.1) is 16.7 Å². The average molecular weight is 315 g/mol. The smallest absolute Gasteiger partial charge is 0.257 e. The summed E-state index contributed by atoms with van der Waals surface area (Å²) in [6.45, 7) is 2.36. The number of rotatable bonds is 6. The van der Waals surface area contributed by atoms with E-state index < -0.39 is 5.41 Å². The van der Waals surface area contributed by atoms with Crippen molar-refractivity contribution in [1.82, 2.24) is 5.32 Å². The molecule has 0 bridgehead atoms. The molecule has 0 unspecified atom stereocenters. The summed E-state index contributed by atoms with van der Waals surface area (Å²) >= 11 is 0. The van der Waals surface area contributed by atoms with Crippen molar-refractivity contribution in [1.29, 1.82) is 5.26 Å². The monoisotopic (exact) mass is 315 g/mol. The largest absolute Gasteiger partial charge is 0.484 e. The fourth-order valence-electron chi connectivity index (χ4n) is 2.65. The van der Waals surface area contributed by atoms with Gasteiger partial charge in [0.2, 0.25) is 5.91 Å². The molecule has 2 rings (SSSR count). The summed E-state index contributed by atoms with van der Waals surface area (Å²) in [5, 5.41) is 14.7. The highest BCUT2D eigenvalue weighted by atomic mass is 16.5. The predicted molar refractivity (Wildman–Crippen MR) is 85.8 cm³/mol. The van der Waals surface area contributed by atoms with Gasteiger partial charge < -0.3 is 15.4 Å². The van der Waals surface area contributed by atoms with Crippen molar-refractivity contribution in [2.45, 2.75) is 32.6 Å². The number of hydrogen-bond donors (Lipinski definition) is 2. The van der Waals surface area contributed by atoms with Crippen LogP contribution in [0.1, 0.15) is 32.6 Å². The topological polar surface area (TPSA) is 91.2 Å². The SMILES string of the molecule is CCNC(=O)COc1ccc(NC(=O)C2(C#N)CCCC2)cc1. The highest BCUT2D eigenvalue weighted by molar-refractivity contribution is 5.97. The molecule has 0 heterocycles. The first-order valence-electron chi connectivity index (χ1n) is 7.82. The molecule has 1 aromatic carbocycles. The number of carbonyl (C=O) groups is 2. The Labute approximate surface area is 135 Å². The molecule has 0 aliphatic heterocycles. The lowest BCUT2D eigenvalue weighted by atomic mass is 9.87. The summed E-state index contributed by atoms with van der Waals surface area (Å²) in [5.74, 6) is 0.126. The molecule has 1 saturated carbocycles. The third kappa shape index (κ3) is 4.22. The molecule has 1 aliphatic rings. The molecule has 0 saturated heterocycles. The molecule has 0 atom stereocenters. The average Bonchev–Trinajstić information content (AvgIpc) is 3.05. The Morgan fingerprint density at radius 3 is 2.48 bits per heavy atom. The second-order valence-corrected chi connectivity index (χ2v) is 5.62. The van der Waals surface area contributed by atoms with Crippen LogP contribution in [0.25, 0.3) is 0 Å². The number of ether oxygens (including phenoxy) is 1. The third-order valence-corrected chi connectivity index (χ3v) is 3.96. The van der Waals surface area contributed by atoms with E-state index in [0.29, 0.717) is 30.8 Å². The Hall–Kier alpha value is -2.55. The maximum atomic E-state index is 12.3. The number of hydrogen-bond acceptors (Lipinski definition) is 4. The molecule has 2 amide bonds. The van der Waals surface area contributed by atoms with Gasteiger partial charge in [-0.05, 0) is 44.0 Å². The van der Waals surface area contributed by atoms with Crippen molar-refractivity contribution in [2.75, 3.05) is 18.5 Å². The van der Waals surface area contributed by atoms with Crippen molar-refractivity contribution in [3.8, 4) is 11.8 Å². The van der Waals surface area contributed by atoms with Crippen molar-refractivity contribution in [3.05, 3.63) is 24.3 Å². The fraction of sp³-hybridized carbons (Fsp3) is 0.471. The highest BCUT2D eigenvalue weighted by Crippen LogP contribution is 2.38. The minimum absolute atomic E-state index is 0.0446. The second kappa shape index (κ2) is 7.63. The Morgan fingerprint density at radius 1 is 1.26 bits per heavy atom. The van der Waals surface area contributed by atoms with Crippen molar-refractivity contribution < 1.29 is 14.3 Å². The molecule has 1 aliphatic carbocycles. The van der Waals surface area contributed by atoms with Crippen LogP contribution in [-0.4, -0.2) is 25.0 Å². The zero-order valence-corrected chi connectivity index (χ0v) is 13.2. The Kier molecular flexibility index (Phi) is 5.58. The Bertz CT molecular complexity index is 599. The molecule has 1 aromatic rings. The summed E-state index contributed by atoms with van der Waals surface area (Å²) in [7, 11) is 0. The first-order valence-corrected chi connectivity index (χ1v) is 7.82. The van der Waals surface area contributed by atoms with Gasteiger partial charge in [-0.3, -0.25) is 9.59 Å². The number of likely N-dealkylation sites (N-methyl/N-ethyl adjacent to an activating group) is 1. The van der Waals surface area contributed by atoms with Gasteiger partial charge in [0.1, 0.15) is 11.2 Å². The Balaban J connectivity index is 1.91. The van der Waals surface area contributed by atoms with E-state index >= 15 is 0 Å². The number of benzene rings is 1. The van der Waals surface area contributed by atoms with Crippen LogP contribution < -0.4 is 15.4 Å². The van der Waals surface area contributed by atoms with Gasteiger partial charge >= 0.3 is 0 Å². The third-order valence-electron chi connectivity index (χ3n) is 3.96. The van der Waals surface area contributed by atoms with Gasteiger partial charge in [0, 0.05) is 12.2 Å². The van der Waals surface area contributed by atoms with Gasteiger partial charge in [-0.1, -0.05) is 12.8 Å². The normalized spacial score (nSPS) is 15.5. The van der Waals surface area contributed by atoms with Gasteiger partial charge in [-0.15, -0.1) is 0 Å². The maximum absolute atomic E-state index is 12.3. The lowest BCUT2D eigenvalue weighted by Crippen LogP contribution is -2.32. The second-order valence-electron chi connectivity index (χ2n) is 5.62. The van der Waals surface area contributed by atoms with E-state index in [0.717, 1.165) is 12.8 Å². The summed E-state index contributed by atoms with van der Waals surface area (Å²) in [5.41, 5.74) is -0.283. The Morgan fingerprint density at radius 2 is 1.91 bits per heavy atom. The molecular weight excluding hydrogens is 294 g/mol. The van der Waals surface area contributed by atoms with Crippen LogP contribution in [0.2, 0.25) is 0 Å². The molecule has 2 N–H and O–H groups in total. The number of carbonyl (C=O) groups excluding carboxylic acids is 2. The number of nitrogens with zero attached hydrogens (tertiary/aromatic N) is 1. The van der Waals surface area contributed by atoms with Gasteiger partial charge in [0.15, 0.2) is 6.61 Å². The summed E-state index contributed by atoms with van der Waals surface area (Å²) in [6, 6.07) is 8.94. The van der Waals surface area contributed by atoms with Crippen LogP contribution in [-0.2, 0) is 9.59 Å². The zero-order valence-electron chi connectivity index (χ0n) is 13.2. The van der Waals surface area contributed by atoms with E-state index in [1.807, 2.05) is 6.92 Å². The summed E-state index contributed by atoms with van der Waals surface area (Å²) in [6.07, 6.45) is 3.05. The molecule has 122 valence electrons. The van der Waals surface area contributed by atoms with Crippen LogP contribution in [0.4, 0.5) is 5.69 Å². The fourth-order valence-corrected chi connectivity index (χ4v) is 2.65. The van der Waals surface area contributed by atoms with Crippen molar-refractivity contribution >= 4 is 17.5 Å². The number of amides is 2. The molecule has 1 fully saturated rings. The molecule has 0 spiro atoms. The van der Waals surface area contributed by atoms with Gasteiger partial charge in [0.05, 0.1) is 6.07 Å². The lowest BCUT2D eigenvalue weighted by Gasteiger charge is -2.19. The molecule has 6 nitrogen and oxygen atoms in total. The van der Waals surface area contributed by atoms with Crippen LogP contribution in [0.3, 0.4) is 0 Å². The maximum Gasteiger partial charge on any atom is 0.257 e. The molecule has 6 heteroatoms. The summed E-state index contributed by atoms with van der Waals surface area (Å²) in [4.78, 5) is 23.6. The summed E-state index contributed by atoms with van der Waals surface area (Å²) < 4.78 is 5.34. The molecule has 0 aromatic heterocycles. The van der Waals surface area contributed by atoms with E-state index in [1.165, 1.54) is 0 Å². The first kappa shape index (κ1) is 16.8. The number of nitrogens with one attached hydrogen (secondary N) is 2. The molecular formula is C17H21N3O3. The zero-order chi connectivity index (χ0) is 16.7.